The first-order valence-corrected chi connectivity index (χ1v) is 49.4. The quantitative estimate of drug-likeness (QED) is 0.0914. The number of benzene rings is 3. The number of aliphatic hydroxyl groups is 1. The van der Waals surface area contributed by atoms with E-state index in [0.717, 1.165) is 142 Å². The number of rotatable bonds is 15. The Labute approximate surface area is 822 Å². The molecule has 0 aliphatic heterocycles. The number of aryl methyl sites for hydroxylation is 11. The Morgan fingerprint density at radius 1 is 0.190 bits per heavy atom. The summed E-state index contributed by atoms with van der Waals surface area (Å²) < 4.78 is 19.9. The van der Waals surface area contributed by atoms with Gasteiger partial charge in [0.25, 0.3) is 6.42 Å². The highest BCUT2D eigenvalue weighted by atomic mass is 16.3. The molecule has 25 heteroatoms. The molecule has 22 nitrogen and oxygen atoms in total. The highest BCUT2D eigenvalue weighted by Crippen LogP contribution is 2.38. The Bertz CT molecular complexity index is 6590. The molecule has 0 amide bonds. The van der Waals surface area contributed by atoms with Gasteiger partial charge in [-0.1, -0.05) is 33.4 Å². The van der Waals surface area contributed by atoms with Crippen LogP contribution in [0.5, 0.6) is 0 Å². The second kappa shape index (κ2) is 38.6. The molecule has 3 aromatic carbocycles. The molecule has 2 N–H and O–H groups in total. The molecule has 14 aromatic rings. The molecule has 0 unspecified atom stereocenters. The van der Waals surface area contributed by atoms with Crippen LogP contribution in [0.2, 0.25) is 0 Å². The van der Waals surface area contributed by atoms with Gasteiger partial charge in [0.1, 0.15) is 5.60 Å². The van der Waals surface area contributed by atoms with Gasteiger partial charge in [0, 0.05) is 11.4 Å². The molecular weight excluding hydrogens is 1690 g/mol. The van der Waals surface area contributed by atoms with Gasteiger partial charge in [-0.05, 0) is 566 Å². The average Bonchev–Trinajstić information content (AvgIpc) is 1.62. The maximum atomic E-state index is 9.95. The molecule has 137 heavy (non-hydrogen) atoms. The van der Waals surface area contributed by atoms with E-state index in [9.17, 15) is 5.11 Å². The smallest absolute Gasteiger partial charge is 0.410 e. The Kier molecular flexibility index (Phi) is 30.4. The largest absolute Gasteiger partial charge is 0.466 e. The van der Waals surface area contributed by atoms with Gasteiger partial charge in [-0.25, -0.2) is 45.9 Å². The van der Waals surface area contributed by atoms with E-state index in [2.05, 4.69) is 398 Å². The van der Waals surface area contributed by atoms with Gasteiger partial charge in [0.05, 0.1) is 68.2 Å². The van der Waals surface area contributed by atoms with Crippen LogP contribution in [0.1, 0.15) is 320 Å². The van der Waals surface area contributed by atoms with Gasteiger partial charge in [-0.2, -0.15) is 10.9 Å². The summed E-state index contributed by atoms with van der Waals surface area (Å²) >= 11 is 0. The lowest BCUT2D eigenvalue weighted by molar-refractivity contribution is 0.0728. The van der Waals surface area contributed by atoms with E-state index in [1.165, 1.54) is 167 Å². The van der Waals surface area contributed by atoms with Crippen LogP contribution in [0.4, 0.5) is 0 Å². The zero-order valence-electron chi connectivity index (χ0n) is 95.1. The zero-order valence-corrected chi connectivity index (χ0v) is 95.1. The number of pyridine rings is 2. The van der Waals surface area contributed by atoms with Crippen LogP contribution in [0.3, 0.4) is 0 Å². The van der Waals surface area contributed by atoms with Gasteiger partial charge in [-0.3, -0.25) is 9.97 Å². The fraction of sp³-hybridized carbons (Fsp3) is 0.509. The van der Waals surface area contributed by atoms with Gasteiger partial charge >= 0.3 is 13.2 Å². The monoisotopic (exact) mass is 1860 g/mol. The second-order valence-corrected chi connectivity index (χ2v) is 42.3. The van der Waals surface area contributed by atoms with Crippen LogP contribution in [0, 0.1) is 346 Å². The van der Waals surface area contributed by atoms with Crippen LogP contribution in [-0.4, -0.2) is 129 Å². The molecule has 0 fully saturated rings. The van der Waals surface area contributed by atoms with Crippen molar-refractivity contribution in [2.24, 2.45) is 0 Å². The summed E-state index contributed by atoms with van der Waals surface area (Å²) in [5.41, 5.74) is 64.7. The minimum Gasteiger partial charge on any atom is -0.410 e. The molecule has 0 saturated heterocycles. The van der Waals surface area contributed by atoms with Crippen molar-refractivity contribution in [2.45, 2.75) is 385 Å². The minimum atomic E-state index is -2.09. The maximum absolute atomic E-state index is 9.95. The Morgan fingerprint density at radius 3 is 0.547 bits per heavy atom. The third-order valence-corrected chi connectivity index (χ3v) is 35.0. The van der Waals surface area contributed by atoms with Crippen LogP contribution in [0.15, 0.2) is 0 Å². The lowest BCUT2D eigenvalue weighted by Crippen LogP contribution is -2.74. The summed E-state index contributed by atoms with van der Waals surface area (Å²) in [5, 5.41) is 60.3. The number of hydrogen-bond donors (Lipinski definition) is 2. The van der Waals surface area contributed by atoms with Crippen molar-refractivity contribution in [1.29, 1.82) is 0 Å². The van der Waals surface area contributed by atoms with E-state index in [1.807, 2.05) is 20.9 Å². The summed E-state index contributed by atoms with van der Waals surface area (Å²) in [6.07, 6.45) is -1.86. The van der Waals surface area contributed by atoms with E-state index in [-0.39, 0.29) is 5.54 Å². The van der Waals surface area contributed by atoms with Gasteiger partial charge < -0.3 is 51.8 Å². The van der Waals surface area contributed by atoms with Crippen LogP contribution < -0.4 is 21.7 Å². The van der Waals surface area contributed by atoms with Crippen molar-refractivity contribution >= 4 is 36.0 Å². The van der Waals surface area contributed by atoms with Crippen molar-refractivity contribution in [2.75, 3.05) is 7.05 Å². The summed E-state index contributed by atoms with van der Waals surface area (Å²) in [4.78, 5) is 9.17. The van der Waals surface area contributed by atoms with E-state index in [4.69, 9.17) is 50.9 Å². The zero-order chi connectivity index (χ0) is 104. The van der Waals surface area contributed by atoms with Crippen molar-refractivity contribution in [3.8, 4) is 0 Å². The van der Waals surface area contributed by atoms with E-state index >= 15 is 0 Å². The van der Waals surface area contributed by atoms with E-state index < -0.39 is 25.3 Å². The lowest BCUT2D eigenvalue weighted by atomic mass is 9.33. The summed E-state index contributed by atoms with van der Waals surface area (Å²) in [5.74, 6) is 0. The number of hydrogen-bond acceptors (Lipinski definition) is 13. The Hall–Kier alpha value is -11.0. The molecule has 0 bridgehead atoms. The minimum absolute atomic E-state index is 0.0622. The van der Waals surface area contributed by atoms with Crippen molar-refractivity contribution < 1.29 is 5.11 Å². The van der Waals surface area contributed by atoms with Crippen LogP contribution in [0.25, 0.3) is 0 Å². The summed E-state index contributed by atoms with van der Waals surface area (Å²) in [6, 6.07) is 0. The molecule has 0 aliphatic rings. The van der Waals surface area contributed by atoms with E-state index in [0.29, 0.717) is 0 Å². The SMILES string of the molecule is CNC(C)(C)c1nc(C)c(C)c(C)c1C.Cc1nc(C(C)(C)O)c(C)c(C)c1C.Cc1nn([B-](c2c(C)c(C)c(C)c(C)c2C)(c2c(C)c(C)c(C)c(C)c2C)n2nc(C)c(C)c2C)c(C)c1C.Cc1nn([B-](c2c(C)c(C)c(C)c(C)c2C)(n2nc(C)c(C)c2C)n2nc(C)c(C)c2C)c(C)c1C.Cc1nn([B-](n2nc(C)c(C)c2C)(n2nc(C)c(C)c2C)n2nc(C)c(C)c2C)c(C)c1C. The normalized spacial score (nSPS) is 12.1. The standard InChI is InChI=1S/C34H48BN4.C29H42BN6.C24H36BN8.C13H22N2.C12H19NO/c1-17-19(3)23(7)33(24(8)20(17)4)35(38-31(15)27(11)29(13)36-38,39-32(16)28(12)30(14)37-39)34-25(9)21(5)18(2)22(6)26(34)10;1-15-16(2)18(4)29(19(5)17(15)3)30(34-26(12)20(6)23(9)31-34,35-27(13)21(7)24(10)32-35)36-28(14)22(8)25(11)33-36;1-13-17(5)26-30(21(13)9)25(31-22(10)14(2)18(6)27-31,32-23(11)15(3)19(7)28-32)33-24(12)16(4)20(8)29-33;1-8-9(2)11(4)15-12(10(8)3)13(5,6)14-7;1-7-8(2)10(4)13-11(9(7)3)12(5,6)14/h1-16H3;1-14H3;1-12H3;14H,1-7H3;14H,1-6H3/q3*-1;;. The van der Waals surface area contributed by atoms with E-state index in [1.54, 1.807) is 13.8 Å². The number of nitrogens with one attached hydrogen (secondary N) is 1. The topological polar surface area (TPSA) is 218 Å². The highest BCUT2D eigenvalue weighted by Gasteiger charge is 2.49. The average molecular weight is 1860 g/mol. The van der Waals surface area contributed by atoms with Gasteiger partial charge in [0.2, 0.25) is 0 Å². The summed E-state index contributed by atoms with van der Waals surface area (Å²) in [6.45, 7) is 112. The molecule has 0 saturated carbocycles. The van der Waals surface area contributed by atoms with Gasteiger partial charge in [0.15, 0.2) is 0 Å². The fourth-order valence-electron chi connectivity index (χ4n) is 21.7. The number of nitrogens with zero attached hydrogens (tertiary/aromatic N) is 20. The Balaban J connectivity index is 0.000000186. The highest BCUT2D eigenvalue weighted by molar-refractivity contribution is 7.00. The molecule has 0 atom stereocenters. The second-order valence-electron chi connectivity index (χ2n) is 42.3. The van der Waals surface area contributed by atoms with Crippen molar-refractivity contribution in [1.82, 2.24) is 103 Å². The molecule has 14 rings (SSSR count). The fourth-order valence-corrected chi connectivity index (χ4v) is 21.7. The Morgan fingerprint density at radius 2 is 0.358 bits per heavy atom. The molecule has 11 aromatic heterocycles. The third-order valence-electron chi connectivity index (χ3n) is 35.0. The molecular formula is C112H167B3N21O-3. The van der Waals surface area contributed by atoms with Crippen molar-refractivity contribution in [3.63, 3.8) is 0 Å². The molecule has 0 spiro atoms. The molecule has 0 radical (unpaired) electrons. The predicted molar refractivity (Wildman–Crippen MR) is 577 cm³/mol. The first-order chi connectivity index (χ1) is 63.1. The molecule has 11 heterocycles. The maximum Gasteiger partial charge on any atom is 0.466 e. The number of aromatic nitrogens is 20. The predicted octanol–water partition coefficient (Wildman–Crippen LogP) is 21.5. The van der Waals surface area contributed by atoms with Gasteiger partial charge in [-0.15, -0.1) is 5.46 Å². The molecule has 738 valence electrons. The first kappa shape index (κ1) is 108. The first-order valence-electron chi connectivity index (χ1n) is 49.4. The third kappa shape index (κ3) is 17.1. The van der Waals surface area contributed by atoms with Crippen molar-refractivity contribution in [3.05, 3.63) is 292 Å². The summed E-state index contributed by atoms with van der Waals surface area (Å²) in [7, 11) is 1.98. The van der Waals surface area contributed by atoms with Crippen LogP contribution >= 0.6 is 0 Å². The lowest BCUT2D eigenvalue weighted by Gasteiger charge is -2.50. The van der Waals surface area contributed by atoms with Crippen LogP contribution in [-0.2, 0) is 11.1 Å². The molecule has 0 aliphatic carbocycles.